The number of sulfonamides is 2. The summed E-state index contributed by atoms with van der Waals surface area (Å²) in [6, 6.07) is 34.8. The summed E-state index contributed by atoms with van der Waals surface area (Å²) in [4.78, 5) is 30.2. The van der Waals surface area contributed by atoms with E-state index >= 15 is 0 Å². The van der Waals surface area contributed by atoms with Crippen molar-refractivity contribution in [1.82, 2.24) is 9.80 Å². The van der Waals surface area contributed by atoms with Crippen LogP contribution in [0.2, 0.25) is 0 Å². The van der Waals surface area contributed by atoms with Crippen LogP contribution in [-0.2, 0) is 29.6 Å². The average Bonchev–Trinajstić information content (AvgIpc) is 4.08. The molecule has 2 aliphatic heterocycles. The number of halogens is 3. The van der Waals surface area contributed by atoms with Crippen LogP contribution in [0.3, 0.4) is 0 Å². The minimum Gasteiger partial charge on any atom is -0.497 e. The Kier molecular flexibility index (Phi) is 15.8. The third-order valence-electron chi connectivity index (χ3n) is 12.0. The second-order valence-corrected chi connectivity index (χ2v) is 19.9. The molecule has 2 heterocycles. The molecule has 2 saturated heterocycles. The van der Waals surface area contributed by atoms with Crippen LogP contribution >= 0.6 is 0 Å². The lowest BCUT2D eigenvalue weighted by atomic mass is 10.0. The van der Waals surface area contributed by atoms with Crippen molar-refractivity contribution in [2.24, 2.45) is 0 Å². The van der Waals surface area contributed by atoms with Crippen LogP contribution in [0.15, 0.2) is 155 Å². The first-order chi connectivity index (χ1) is 33.1. The van der Waals surface area contributed by atoms with E-state index in [0.717, 1.165) is 51.1 Å². The van der Waals surface area contributed by atoms with E-state index in [9.17, 15) is 39.6 Å². The Morgan fingerprint density at radius 3 is 1.09 bits per heavy atom. The number of carbonyl (C=O) groups is 2. The number of rotatable bonds is 15. The monoisotopic (exact) mass is 984 g/mol. The predicted octanol–water partition coefficient (Wildman–Crippen LogP) is 8.93. The topological polar surface area (TPSA) is 143 Å². The van der Waals surface area contributed by atoms with Gasteiger partial charge >= 0.3 is 0 Å². The molecule has 2 unspecified atom stereocenters. The molecule has 13 nitrogen and oxygen atoms in total. The first-order valence-electron chi connectivity index (χ1n) is 22.0. The third-order valence-corrected chi connectivity index (χ3v) is 15.6. The zero-order valence-corrected chi connectivity index (χ0v) is 39.7. The number of anilines is 2. The molecule has 8 rings (SSSR count). The van der Waals surface area contributed by atoms with Gasteiger partial charge in [0.25, 0.3) is 20.0 Å². The van der Waals surface area contributed by atoms with E-state index in [4.69, 9.17) is 14.2 Å². The number of methoxy groups -OCH3 is 3. The molecular formula is C51H51F3N4O9S2. The van der Waals surface area contributed by atoms with Crippen LogP contribution in [0.25, 0.3) is 0 Å². The van der Waals surface area contributed by atoms with E-state index < -0.39 is 38.3 Å². The number of ether oxygens (including phenoxy) is 3. The maximum Gasteiger partial charge on any atom is 0.264 e. The Bertz CT molecular complexity index is 2910. The first kappa shape index (κ1) is 49.8. The summed E-state index contributed by atoms with van der Waals surface area (Å²) in [5.74, 6) is -0.380. The van der Waals surface area contributed by atoms with Gasteiger partial charge in [0.2, 0.25) is 11.8 Å². The molecule has 2 atom stereocenters. The molecule has 6 aromatic rings. The molecule has 0 N–H and O–H groups in total. The molecule has 0 aromatic heterocycles. The number of benzene rings is 6. The molecule has 2 amide bonds. The number of carbonyl (C=O) groups excluding carboxylic acids is 2. The predicted molar refractivity (Wildman–Crippen MR) is 255 cm³/mol. The van der Waals surface area contributed by atoms with Crippen LogP contribution < -0.4 is 22.8 Å². The summed E-state index contributed by atoms with van der Waals surface area (Å²) < 4.78 is 112. The van der Waals surface area contributed by atoms with Gasteiger partial charge in [-0.1, -0.05) is 24.3 Å². The fourth-order valence-electron chi connectivity index (χ4n) is 8.36. The van der Waals surface area contributed by atoms with Gasteiger partial charge in [0, 0.05) is 13.1 Å². The summed E-state index contributed by atoms with van der Waals surface area (Å²) in [5, 5.41) is 0. The summed E-state index contributed by atoms with van der Waals surface area (Å²) >= 11 is 0. The molecule has 0 saturated carbocycles. The quantitative estimate of drug-likeness (QED) is 0.0986. The van der Waals surface area contributed by atoms with Crippen LogP contribution in [0.1, 0.15) is 48.9 Å². The molecule has 2 aliphatic rings. The van der Waals surface area contributed by atoms with E-state index in [-0.39, 0.29) is 51.6 Å². The van der Waals surface area contributed by atoms with Gasteiger partial charge in [0.15, 0.2) is 0 Å². The lowest BCUT2D eigenvalue weighted by Crippen LogP contribution is -2.42. The minimum atomic E-state index is -4.15. The largest absolute Gasteiger partial charge is 0.497 e. The molecule has 0 bridgehead atoms. The second-order valence-electron chi connectivity index (χ2n) is 16.1. The molecular weight excluding hydrogens is 934 g/mol. The SMILES string of the molecule is COc1ccc(N(CC(=O)N2CCCC2c2ccc(F)cc2)S(=O)(=O)c2ccc(OC)cc2)cc1.COc1ccc(S(=O)(=O)N(CC(=O)N2CCCC2c2ccc(F)cc2)c2ccc(F)cc2)cc1. The lowest BCUT2D eigenvalue weighted by molar-refractivity contribution is -0.131. The summed E-state index contributed by atoms with van der Waals surface area (Å²) in [5.41, 5.74) is 2.13. The number of nitrogens with zero attached hydrogens (tertiary/aromatic N) is 4. The minimum absolute atomic E-state index is 0.0260. The van der Waals surface area contributed by atoms with E-state index in [1.165, 1.54) is 94.1 Å². The summed E-state index contributed by atoms with van der Waals surface area (Å²) in [6.45, 7) is 0.122. The number of hydrogen-bond acceptors (Lipinski definition) is 9. The van der Waals surface area contributed by atoms with Crippen molar-refractivity contribution >= 4 is 43.2 Å². The second kappa shape index (κ2) is 21.9. The normalized spacial score (nSPS) is 15.7. The van der Waals surface area contributed by atoms with Gasteiger partial charge < -0.3 is 24.0 Å². The Balaban J connectivity index is 0.000000204. The summed E-state index contributed by atoms with van der Waals surface area (Å²) in [7, 11) is -3.72. The Hall–Kier alpha value is -7.05. The van der Waals surface area contributed by atoms with Gasteiger partial charge in [-0.15, -0.1) is 0 Å². The van der Waals surface area contributed by atoms with E-state index in [0.29, 0.717) is 42.4 Å². The average molecular weight is 985 g/mol. The van der Waals surface area contributed by atoms with Gasteiger partial charge in [-0.2, -0.15) is 0 Å². The molecule has 0 radical (unpaired) electrons. The number of likely N-dealkylation sites (tertiary alicyclic amines) is 2. The zero-order valence-electron chi connectivity index (χ0n) is 38.1. The highest BCUT2D eigenvalue weighted by Crippen LogP contribution is 2.35. The number of amides is 2. The molecule has 0 aliphatic carbocycles. The molecule has 2 fully saturated rings. The maximum absolute atomic E-state index is 13.7. The fourth-order valence-corrected chi connectivity index (χ4v) is 11.2. The molecule has 0 spiro atoms. The van der Waals surface area contributed by atoms with Gasteiger partial charge in [0.05, 0.1) is 54.6 Å². The van der Waals surface area contributed by atoms with Crippen LogP contribution in [0.4, 0.5) is 24.5 Å². The lowest BCUT2D eigenvalue weighted by Gasteiger charge is -2.30. The maximum atomic E-state index is 13.7. The fraction of sp³-hybridized carbons (Fsp3) is 0.255. The molecule has 6 aromatic carbocycles. The molecule has 362 valence electrons. The van der Waals surface area contributed by atoms with Crippen LogP contribution in [-0.4, -0.2) is 86.0 Å². The van der Waals surface area contributed by atoms with Crippen molar-refractivity contribution in [1.29, 1.82) is 0 Å². The van der Waals surface area contributed by atoms with E-state index in [1.807, 2.05) is 0 Å². The molecule has 18 heteroatoms. The van der Waals surface area contributed by atoms with Crippen molar-refractivity contribution in [2.75, 3.05) is 56.1 Å². The highest BCUT2D eigenvalue weighted by molar-refractivity contribution is 7.93. The van der Waals surface area contributed by atoms with Gasteiger partial charge in [-0.25, -0.2) is 30.0 Å². The third kappa shape index (κ3) is 11.6. The van der Waals surface area contributed by atoms with Crippen molar-refractivity contribution in [3.63, 3.8) is 0 Å². The van der Waals surface area contributed by atoms with Crippen molar-refractivity contribution in [3.8, 4) is 17.2 Å². The van der Waals surface area contributed by atoms with Crippen LogP contribution in [0.5, 0.6) is 17.2 Å². The zero-order chi connectivity index (χ0) is 49.3. The highest BCUT2D eigenvalue weighted by Gasteiger charge is 2.36. The smallest absolute Gasteiger partial charge is 0.264 e. The number of hydrogen-bond donors (Lipinski definition) is 0. The Labute approximate surface area is 400 Å². The van der Waals surface area contributed by atoms with Gasteiger partial charge in [-0.3, -0.25) is 18.2 Å². The van der Waals surface area contributed by atoms with Crippen LogP contribution in [0, 0.1) is 17.5 Å². The van der Waals surface area contributed by atoms with Gasteiger partial charge in [0.1, 0.15) is 47.8 Å². The summed E-state index contributed by atoms with van der Waals surface area (Å²) in [6.07, 6.45) is 2.95. The molecule has 69 heavy (non-hydrogen) atoms. The van der Waals surface area contributed by atoms with Crippen molar-refractivity contribution < 1.29 is 53.8 Å². The van der Waals surface area contributed by atoms with E-state index in [1.54, 1.807) is 70.5 Å². The van der Waals surface area contributed by atoms with Gasteiger partial charge in [-0.05, 0) is 158 Å². The standard InChI is InChI=1S/C26H27FN2O5S.C25H24F2N2O4S/c1-33-22-11-9-21(10-12-22)29(35(31,32)24-15-13-23(34-2)14-16-24)18-26(30)28-17-3-4-25(28)19-5-7-20(27)8-6-19;1-33-22-12-14-23(15-13-22)34(31,32)29(21-10-8-20(27)9-11-21)17-25(30)28-16-2-3-24(28)18-4-6-19(26)7-5-18/h5-16,25H,3-4,17-18H2,1-2H3;4-15,24H,2-3,16-17H2,1H3. The van der Waals surface area contributed by atoms with Crippen molar-refractivity contribution in [3.05, 3.63) is 174 Å². The first-order valence-corrected chi connectivity index (χ1v) is 24.8. The van der Waals surface area contributed by atoms with E-state index in [2.05, 4.69) is 0 Å². The Morgan fingerprint density at radius 2 is 0.768 bits per heavy atom. The highest BCUT2D eigenvalue weighted by atomic mass is 32.2. The van der Waals surface area contributed by atoms with Crippen molar-refractivity contribution in [2.45, 2.75) is 47.6 Å². The Morgan fingerprint density at radius 1 is 0.478 bits per heavy atom.